The van der Waals surface area contributed by atoms with Crippen LogP contribution in [-0.2, 0) is 20.4 Å². The largest absolute Gasteiger partial charge is 0.359 e. The van der Waals surface area contributed by atoms with E-state index in [0.29, 0.717) is 0 Å². The SMILES string of the molecule is O=C1C=CNC(S[S+]C2NC=CC(=O)N2)N1. The minimum atomic E-state index is -0.188. The molecule has 1 radical (unpaired) electrons. The molecule has 0 saturated carbocycles. The molecule has 2 aliphatic rings. The highest BCUT2D eigenvalue weighted by molar-refractivity contribution is 8.66. The Kier molecular flexibility index (Phi) is 3.62. The van der Waals surface area contributed by atoms with Gasteiger partial charge in [0.05, 0.1) is 0 Å². The first-order valence-corrected chi connectivity index (χ1v) is 6.80. The lowest BCUT2D eigenvalue weighted by atomic mass is 10.5. The highest BCUT2D eigenvalue weighted by atomic mass is 33.1. The minimum Gasteiger partial charge on any atom is -0.359 e. The normalized spacial score (nSPS) is 27.8. The Labute approximate surface area is 100 Å². The Hall–Kier alpha value is -1.28. The molecule has 6 nitrogen and oxygen atoms in total. The fraction of sp³-hybridized carbons (Fsp3) is 0.250. The van der Waals surface area contributed by atoms with Gasteiger partial charge >= 0.3 is 16.3 Å². The molecular weight excluding hydrogens is 248 g/mol. The zero-order valence-electron chi connectivity index (χ0n) is 8.10. The summed E-state index contributed by atoms with van der Waals surface area (Å²) in [6.07, 6.45) is 6.05. The molecule has 0 bridgehead atoms. The van der Waals surface area contributed by atoms with E-state index in [2.05, 4.69) is 21.3 Å². The predicted molar refractivity (Wildman–Crippen MR) is 63.4 cm³/mol. The molecule has 85 valence electrons. The summed E-state index contributed by atoms with van der Waals surface area (Å²) in [6, 6.07) is 0. The quantitative estimate of drug-likeness (QED) is 0.374. The first-order valence-electron chi connectivity index (χ1n) is 4.52. The molecule has 2 unspecified atom stereocenters. The number of nitrogens with one attached hydrogen (secondary N) is 4. The lowest BCUT2D eigenvalue weighted by Gasteiger charge is -2.16. The number of hydrogen-bond acceptors (Lipinski definition) is 6. The van der Waals surface area contributed by atoms with Gasteiger partial charge in [0.1, 0.15) is 0 Å². The molecule has 0 fully saturated rings. The van der Waals surface area contributed by atoms with Gasteiger partial charge in [0.15, 0.2) is 0 Å². The van der Waals surface area contributed by atoms with Crippen LogP contribution in [0.1, 0.15) is 0 Å². The summed E-state index contributed by atoms with van der Waals surface area (Å²) in [6.45, 7) is 0. The number of carbonyl (C=O) groups excluding carboxylic acids is 2. The zero-order valence-corrected chi connectivity index (χ0v) is 9.73. The molecule has 0 spiro atoms. The smallest absolute Gasteiger partial charge is 0.336 e. The van der Waals surface area contributed by atoms with Crippen LogP contribution in [-0.4, -0.2) is 22.8 Å². The first kappa shape index (κ1) is 11.2. The number of hydrogen-bond donors (Lipinski definition) is 4. The standard InChI is InChI=1S/C8H10N4O2S2/c13-5-1-3-9-7(11-5)15-16-8-10-4-2-6(14)12-8/h1-4,7-10H,(H,11,13)(H,12,14)/q+1. The van der Waals surface area contributed by atoms with Crippen molar-refractivity contribution in [3.8, 4) is 0 Å². The summed E-state index contributed by atoms with van der Waals surface area (Å²) in [5.41, 5.74) is -0.376. The second-order valence-corrected chi connectivity index (χ2v) is 5.45. The van der Waals surface area contributed by atoms with E-state index in [1.54, 1.807) is 12.4 Å². The second-order valence-electron chi connectivity index (χ2n) is 2.97. The molecule has 16 heavy (non-hydrogen) atoms. The topological polar surface area (TPSA) is 82.3 Å². The third-order valence-corrected chi connectivity index (χ3v) is 4.25. The van der Waals surface area contributed by atoms with Crippen molar-refractivity contribution in [2.75, 3.05) is 0 Å². The number of amides is 2. The molecule has 8 heteroatoms. The molecule has 0 aromatic carbocycles. The van der Waals surface area contributed by atoms with Crippen LogP contribution < -0.4 is 21.3 Å². The fourth-order valence-corrected chi connectivity index (χ4v) is 3.18. The van der Waals surface area contributed by atoms with Gasteiger partial charge in [-0.25, -0.2) is 0 Å². The van der Waals surface area contributed by atoms with Crippen molar-refractivity contribution in [3.05, 3.63) is 24.6 Å². The maximum Gasteiger partial charge on any atom is 0.336 e. The van der Waals surface area contributed by atoms with E-state index in [1.165, 1.54) is 33.7 Å². The van der Waals surface area contributed by atoms with Crippen LogP contribution >= 0.6 is 10.8 Å². The number of carbonyl (C=O) groups is 2. The molecular formula is C8H10N4O2S2+. The van der Waals surface area contributed by atoms with Gasteiger partial charge in [0.25, 0.3) is 5.91 Å². The predicted octanol–water partition coefficient (Wildman–Crippen LogP) is -1.25. The Morgan fingerprint density at radius 2 is 1.75 bits per heavy atom. The monoisotopic (exact) mass is 258 g/mol. The summed E-state index contributed by atoms with van der Waals surface area (Å²) in [4.78, 5) is 22.0. The summed E-state index contributed by atoms with van der Waals surface area (Å²) in [5, 5.41) is 11.4. The van der Waals surface area contributed by atoms with Crippen LogP contribution in [0.5, 0.6) is 0 Å². The molecule has 2 atom stereocenters. The van der Waals surface area contributed by atoms with Gasteiger partial charge in [-0.2, -0.15) is 0 Å². The molecule has 0 aromatic heterocycles. The van der Waals surface area contributed by atoms with Crippen molar-refractivity contribution in [3.63, 3.8) is 0 Å². The van der Waals surface area contributed by atoms with E-state index in [0.717, 1.165) is 0 Å². The third-order valence-electron chi connectivity index (χ3n) is 1.76. The van der Waals surface area contributed by atoms with Gasteiger partial charge in [0.2, 0.25) is 22.2 Å². The van der Waals surface area contributed by atoms with Crippen molar-refractivity contribution in [1.29, 1.82) is 0 Å². The van der Waals surface area contributed by atoms with Crippen molar-refractivity contribution >= 4 is 33.4 Å². The average molecular weight is 258 g/mol. The Morgan fingerprint density at radius 1 is 1.06 bits per heavy atom. The highest BCUT2D eigenvalue weighted by Crippen LogP contribution is 2.12. The van der Waals surface area contributed by atoms with Gasteiger partial charge < -0.3 is 16.0 Å². The van der Waals surface area contributed by atoms with Gasteiger partial charge in [-0.15, -0.1) is 0 Å². The zero-order chi connectivity index (χ0) is 11.4. The Morgan fingerprint density at radius 3 is 2.44 bits per heavy atom. The summed E-state index contributed by atoms with van der Waals surface area (Å²) in [5.74, 6) is -0.255. The van der Waals surface area contributed by atoms with E-state index in [-0.39, 0.29) is 22.8 Å². The fourth-order valence-electron chi connectivity index (χ4n) is 1.08. The van der Waals surface area contributed by atoms with Crippen molar-refractivity contribution in [2.24, 2.45) is 0 Å². The molecule has 2 aliphatic heterocycles. The molecule has 2 rings (SSSR count). The molecule has 4 N–H and O–H groups in total. The third kappa shape index (κ3) is 3.11. The second kappa shape index (κ2) is 5.17. The highest BCUT2D eigenvalue weighted by Gasteiger charge is 2.31. The average Bonchev–Trinajstić information content (AvgIpc) is 2.27. The first-order chi connectivity index (χ1) is 7.74. The van der Waals surface area contributed by atoms with Crippen molar-refractivity contribution in [1.82, 2.24) is 21.3 Å². The molecule has 2 heterocycles. The minimum absolute atomic E-state index is 0.127. The van der Waals surface area contributed by atoms with Crippen molar-refractivity contribution in [2.45, 2.75) is 11.0 Å². The maximum atomic E-state index is 11.0. The van der Waals surface area contributed by atoms with E-state index in [1.807, 2.05) is 0 Å². The molecule has 0 aliphatic carbocycles. The van der Waals surface area contributed by atoms with Gasteiger partial charge in [0, 0.05) is 24.6 Å². The summed E-state index contributed by atoms with van der Waals surface area (Å²) < 4.78 is 0. The number of rotatable bonds is 3. The Bertz CT molecular complexity index is 324. The van der Waals surface area contributed by atoms with Crippen molar-refractivity contribution < 1.29 is 9.59 Å². The summed E-state index contributed by atoms with van der Waals surface area (Å²) in [7, 11) is 2.84. The van der Waals surface area contributed by atoms with Gasteiger partial charge in [-0.3, -0.25) is 14.9 Å². The molecule has 0 saturated heterocycles. The van der Waals surface area contributed by atoms with Gasteiger partial charge in [-0.1, -0.05) is 0 Å². The van der Waals surface area contributed by atoms with E-state index in [4.69, 9.17) is 0 Å². The lowest BCUT2D eigenvalue weighted by Crippen LogP contribution is -2.48. The van der Waals surface area contributed by atoms with Crippen LogP contribution in [0.25, 0.3) is 0 Å². The van der Waals surface area contributed by atoms with E-state index in [9.17, 15) is 9.59 Å². The van der Waals surface area contributed by atoms with Gasteiger partial charge in [-0.05, 0) is 0 Å². The Balaban J connectivity index is 1.75. The van der Waals surface area contributed by atoms with Crippen LogP contribution in [0.3, 0.4) is 0 Å². The molecule has 2 amide bonds. The van der Waals surface area contributed by atoms with E-state index >= 15 is 0 Å². The molecule has 0 aromatic rings. The maximum absolute atomic E-state index is 11.0. The van der Waals surface area contributed by atoms with Crippen LogP contribution in [0.4, 0.5) is 0 Å². The lowest BCUT2D eigenvalue weighted by molar-refractivity contribution is -0.118. The summed E-state index contributed by atoms with van der Waals surface area (Å²) >= 11 is 0. The van der Waals surface area contributed by atoms with Crippen LogP contribution in [0.2, 0.25) is 0 Å². The van der Waals surface area contributed by atoms with E-state index < -0.39 is 0 Å². The van der Waals surface area contributed by atoms with Crippen LogP contribution in [0.15, 0.2) is 24.6 Å². The van der Waals surface area contributed by atoms with Crippen LogP contribution in [0, 0.1) is 0 Å².